The Morgan fingerprint density at radius 1 is 1.14 bits per heavy atom. The molecule has 0 aliphatic rings. The molecule has 0 saturated carbocycles. The number of aryl methyl sites for hydroxylation is 1. The van der Waals surface area contributed by atoms with Gasteiger partial charge < -0.3 is 5.32 Å². The number of hydrogen-bond acceptors (Lipinski definition) is 3. The second-order valence-corrected chi connectivity index (χ2v) is 6.99. The molecular weight excluding hydrogens is 292 g/mol. The van der Waals surface area contributed by atoms with E-state index in [0.717, 1.165) is 12.0 Å². The lowest BCUT2D eigenvalue weighted by molar-refractivity contribution is -0.131. The van der Waals surface area contributed by atoms with Crippen molar-refractivity contribution in [2.24, 2.45) is 0 Å². The van der Waals surface area contributed by atoms with Gasteiger partial charge in [-0.05, 0) is 45.1 Å². The number of carbonyl (C=O) groups excluding carboxylic acids is 1. The Labute approximate surface area is 137 Å². The fraction of sp³-hybridized carbons (Fsp3) is 0.389. The zero-order valence-corrected chi connectivity index (χ0v) is 14.5. The fourth-order valence-electron chi connectivity index (χ4n) is 2.40. The highest BCUT2D eigenvalue weighted by atomic mass is 32.1. The van der Waals surface area contributed by atoms with Crippen LogP contribution in [-0.4, -0.2) is 24.9 Å². The van der Waals surface area contributed by atoms with Gasteiger partial charge in [0.1, 0.15) is 5.54 Å². The molecule has 1 aromatic heterocycles. The smallest absolute Gasteiger partial charge is 0.245 e. The topological polar surface area (TPSA) is 32.3 Å². The van der Waals surface area contributed by atoms with Crippen molar-refractivity contribution in [1.29, 1.82) is 0 Å². The third-order valence-electron chi connectivity index (χ3n) is 4.16. The third-order valence-corrected chi connectivity index (χ3v) is 5.39. The highest BCUT2D eigenvalue weighted by Gasteiger charge is 2.37. The minimum Gasteiger partial charge on any atom is -0.349 e. The average Bonchev–Trinajstić information content (AvgIpc) is 3.00. The lowest BCUT2D eigenvalue weighted by atomic mass is 9.89. The number of rotatable bonds is 6. The highest BCUT2D eigenvalue weighted by molar-refractivity contribution is 7.11. The summed E-state index contributed by atoms with van der Waals surface area (Å²) in [5.74, 6) is 0.0233. The van der Waals surface area contributed by atoms with E-state index in [-0.39, 0.29) is 5.91 Å². The molecule has 0 aliphatic heterocycles. The SMILES string of the molecule is CCc1ccc(CNC(=O)[C@@](C)(c2ccccc2)N(C)C)s1. The van der Waals surface area contributed by atoms with E-state index in [1.807, 2.05) is 56.3 Å². The molecule has 1 amide bonds. The van der Waals surface area contributed by atoms with Crippen molar-refractivity contribution in [2.75, 3.05) is 14.1 Å². The summed E-state index contributed by atoms with van der Waals surface area (Å²) in [7, 11) is 3.87. The number of thiophene rings is 1. The van der Waals surface area contributed by atoms with Crippen molar-refractivity contribution in [3.05, 3.63) is 57.8 Å². The first-order valence-corrected chi connectivity index (χ1v) is 8.39. The van der Waals surface area contributed by atoms with Crippen molar-refractivity contribution < 1.29 is 4.79 Å². The van der Waals surface area contributed by atoms with E-state index in [9.17, 15) is 4.79 Å². The van der Waals surface area contributed by atoms with Gasteiger partial charge in [0.2, 0.25) is 5.91 Å². The van der Waals surface area contributed by atoms with Gasteiger partial charge >= 0.3 is 0 Å². The molecule has 118 valence electrons. The molecule has 0 unspecified atom stereocenters. The first kappa shape index (κ1) is 16.7. The molecule has 1 aromatic carbocycles. The summed E-state index contributed by atoms with van der Waals surface area (Å²) in [5, 5.41) is 3.09. The maximum absolute atomic E-state index is 12.8. The van der Waals surface area contributed by atoms with E-state index in [0.29, 0.717) is 6.54 Å². The Morgan fingerprint density at radius 3 is 2.32 bits per heavy atom. The number of amides is 1. The van der Waals surface area contributed by atoms with E-state index in [1.54, 1.807) is 11.3 Å². The third kappa shape index (κ3) is 3.39. The minimum atomic E-state index is -0.674. The molecule has 2 aromatic rings. The number of likely N-dealkylation sites (N-methyl/N-ethyl adjacent to an activating group) is 1. The van der Waals surface area contributed by atoms with Crippen LogP contribution >= 0.6 is 11.3 Å². The van der Waals surface area contributed by atoms with E-state index in [2.05, 4.69) is 24.4 Å². The summed E-state index contributed by atoms with van der Waals surface area (Å²) in [4.78, 5) is 17.3. The molecule has 4 heteroatoms. The monoisotopic (exact) mass is 316 g/mol. The van der Waals surface area contributed by atoms with Gasteiger partial charge in [-0.1, -0.05) is 37.3 Å². The molecule has 0 fully saturated rings. The molecule has 1 heterocycles. The molecule has 0 bridgehead atoms. The van der Waals surface area contributed by atoms with Gasteiger partial charge in [0.15, 0.2) is 0 Å². The molecule has 0 saturated heterocycles. The second-order valence-electron chi connectivity index (χ2n) is 5.74. The maximum atomic E-state index is 12.8. The van der Waals surface area contributed by atoms with E-state index >= 15 is 0 Å². The van der Waals surface area contributed by atoms with Crippen molar-refractivity contribution in [3.8, 4) is 0 Å². The van der Waals surface area contributed by atoms with Crippen molar-refractivity contribution in [3.63, 3.8) is 0 Å². The van der Waals surface area contributed by atoms with Crippen molar-refractivity contribution >= 4 is 17.2 Å². The first-order chi connectivity index (χ1) is 10.5. The Hall–Kier alpha value is -1.65. The summed E-state index contributed by atoms with van der Waals surface area (Å²) in [6.07, 6.45) is 1.04. The zero-order valence-electron chi connectivity index (χ0n) is 13.7. The highest BCUT2D eigenvalue weighted by Crippen LogP contribution is 2.26. The van der Waals surface area contributed by atoms with E-state index < -0.39 is 5.54 Å². The molecule has 0 radical (unpaired) electrons. The summed E-state index contributed by atoms with van der Waals surface area (Å²) < 4.78 is 0. The number of carbonyl (C=O) groups is 1. The van der Waals surface area contributed by atoms with E-state index in [1.165, 1.54) is 9.75 Å². The van der Waals surface area contributed by atoms with Gasteiger partial charge in [-0.3, -0.25) is 9.69 Å². The standard InChI is InChI=1S/C18H24N2OS/c1-5-15-11-12-16(22-15)13-19-17(21)18(2,20(3)4)14-9-7-6-8-10-14/h6-12H,5,13H2,1-4H3,(H,19,21)/t18-/m1/s1. The fourth-order valence-corrected chi connectivity index (χ4v) is 3.30. The predicted molar refractivity (Wildman–Crippen MR) is 93.0 cm³/mol. The van der Waals surface area contributed by atoms with Crippen LogP contribution in [0, 0.1) is 0 Å². The Bertz CT molecular complexity index is 621. The van der Waals surface area contributed by atoms with Crippen LogP contribution in [0.25, 0.3) is 0 Å². The van der Waals surface area contributed by atoms with Crippen LogP contribution in [0.1, 0.15) is 29.2 Å². The largest absolute Gasteiger partial charge is 0.349 e. The van der Waals surface area contributed by atoms with Crippen LogP contribution in [0.3, 0.4) is 0 Å². The van der Waals surface area contributed by atoms with Gasteiger partial charge in [-0.15, -0.1) is 11.3 Å². The van der Waals surface area contributed by atoms with Gasteiger partial charge in [-0.2, -0.15) is 0 Å². The molecular formula is C18H24N2OS. The summed E-state index contributed by atoms with van der Waals surface area (Å²) in [6.45, 7) is 4.69. The number of hydrogen-bond donors (Lipinski definition) is 1. The Kier molecular flexibility index (Phi) is 5.37. The normalized spacial score (nSPS) is 13.9. The van der Waals surface area contributed by atoms with Crippen molar-refractivity contribution in [2.45, 2.75) is 32.4 Å². The van der Waals surface area contributed by atoms with E-state index in [4.69, 9.17) is 0 Å². The van der Waals surface area contributed by atoms with Gasteiger partial charge in [0, 0.05) is 9.75 Å². The van der Waals surface area contributed by atoms with Gasteiger partial charge in [0.05, 0.1) is 6.54 Å². The molecule has 1 N–H and O–H groups in total. The quantitative estimate of drug-likeness (QED) is 0.886. The zero-order chi connectivity index (χ0) is 16.2. The van der Waals surface area contributed by atoms with Gasteiger partial charge in [0.25, 0.3) is 0 Å². The van der Waals surface area contributed by atoms with Crippen LogP contribution in [0.4, 0.5) is 0 Å². The Morgan fingerprint density at radius 2 is 1.77 bits per heavy atom. The van der Waals surface area contributed by atoms with Crippen LogP contribution in [0.15, 0.2) is 42.5 Å². The molecule has 0 spiro atoms. The first-order valence-electron chi connectivity index (χ1n) is 7.57. The predicted octanol–water partition coefficient (Wildman–Crippen LogP) is 3.40. The summed E-state index contributed by atoms with van der Waals surface area (Å²) >= 11 is 1.76. The second kappa shape index (κ2) is 7.07. The van der Waals surface area contributed by atoms with Gasteiger partial charge in [-0.25, -0.2) is 0 Å². The molecule has 3 nitrogen and oxygen atoms in total. The molecule has 0 aliphatic carbocycles. The van der Waals surface area contributed by atoms with Crippen LogP contribution < -0.4 is 5.32 Å². The van der Waals surface area contributed by atoms with Crippen LogP contribution in [0.5, 0.6) is 0 Å². The van der Waals surface area contributed by atoms with Crippen LogP contribution in [0.2, 0.25) is 0 Å². The Balaban J connectivity index is 2.13. The summed E-state index contributed by atoms with van der Waals surface area (Å²) in [6, 6.07) is 14.1. The summed E-state index contributed by atoms with van der Waals surface area (Å²) in [5.41, 5.74) is 0.324. The van der Waals surface area contributed by atoms with Crippen molar-refractivity contribution in [1.82, 2.24) is 10.2 Å². The molecule has 1 atom stereocenters. The number of nitrogens with one attached hydrogen (secondary N) is 1. The molecule has 2 rings (SSSR count). The average molecular weight is 316 g/mol. The number of nitrogens with zero attached hydrogens (tertiary/aromatic N) is 1. The maximum Gasteiger partial charge on any atom is 0.245 e. The van der Waals surface area contributed by atoms with Crippen LogP contribution in [-0.2, 0) is 23.3 Å². The lowest BCUT2D eigenvalue weighted by Crippen LogP contribution is -2.51. The number of benzene rings is 1. The minimum absolute atomic E-state index is 0.0233. The lowest BCUT2D eigenvalue weighted by Gasteiger charge is -2.35. The molecule has 22 heavy (non-hydrogen) atoms.